The lowest BCUT2D eigenvalue weighted by Crippen LogP contribution is -2.52. The van der Waals surface area contributed by atoms with E-state index < -0.39 is 6.04 Å². The first-order valence-corrected chi connectivity index (χ1v) is 12.4. The van der Waals surface area contributed by atoms with Gasteiger partial charge in [-0.3, -0.25) is 9.59 Å². The molecular weight excluding hydrogens is 483 g/mol. The second-order valence-electron chi connectivity index (χ2n) is 8.24. The Kier molecular flexibility index (Phi) is 9.72. The van der Waals surface area contributed by atoms with E-state index in [1.54, 1.807) is 42.5 Å². The molecule has 1 aliphatic rings. The zero-order valence-electron chi connectivity index (χ0n) is 18.7. The van der Waals surface area contributed by atoms with Crippen molar-refractivity contribution >= 4 is 46.6 Å². The summed E-state index contributed by atoms with van der Waals surface area (Å²) in [6.07, 6.45) is 5.81. The summed E-state index contributed by atoms with van der Waals surface area (Å²) in [5.41, 5.74) is 0.705. The molecule has 3 rings (SSSR count). The minimum absolute atomic E-state index is 0.149. The van der Waals surface area contributed by atoms with Crippen LogP contribution in [0.15, 0.2) is 42.5 Å². The first-order chi connectivity index (χ1) is 15.9. The van der Waals surface area contributed by atoms with Gasteiger partial charge < -0.3 is 15.0 Å². The lowest BCUT2D eigenvalue weighted by atomic mass is 9.95. The number of carbonyl (C=O) groups is 2. The molecule has 5 nitrogen and oxygen atoms in total. The van der Waals surface area contributed by atoms with Crippen LogP contribution in [0.25, 0.3) is 0 Å². The number of carbonyl (C=O) groups excluding carboxylic acids is 2. The highest BCUT2D eigenvalue weighted by molar-refractivity contribution is 6.35. The Hall–Kier alpha value is -1.95. The van der Waals surface area contributed by atoms with Gasteiger partial charge in [-0.25, -0.2) is 0 Å². The Morgan fingerprint density at radius 3 is 2.45 bits per heavy atom. The van der Waals surface area contributed by atoms with Gasteiger partial charge in [0.05, 0.1) is 5.02 Å². The highest BCUT2D eigenvalue weighted by Crippen LogP contribution is 2.26. The van der Waals surface area contributed by atoms with Gasteiger partial charge in [-0.1, -0.05) is 79.2 Å². The van der Waals surface area contributed by atoms with Crippen LogP contribution >= 0.6 is 34.8 Å². The molecular formula is C25H29Cl3N2O3. The third kappa shape index (κ3) is 7.26. The number of rotatable bonds is 9. The number of ether oxygens (including phenoxy) is 1. The number of halogens is 3. The van der Waals surface area contributed by atoms with Crippen LogP contribution in [0.3, 0.4) is 0 Å². The van der Waals surface area contributed by atoms with E-state index in [0.717, 1.165) is 25.7 Å². The predicted octanol–water partition coefficient (Wildman–Crippen LogP) is 6.28. The molecule has 1 saturated carbocycles. The number of hydrogen-bond acceptors (Lipinski definition) is 3. The topological polar surface area (TPSA) is 58.6 Å². The van der Waals surface area contributed by atoms with Gasteiger partial charge in [0.15, 0.2) is 6.61 Å². The molecule has 0 saturated heterocycles. The maximum atomic E-state index is 13.3. The normalized spacial score (nSPS) is 15.0. The van der Waals surface area contributed by atoms with E-state index in [1.807, 2.05) is 6.92 Å². The van der Waals surface area contributed by atoms with Crippen LogP contribution in [0.4, 0.5) is 0 Å². The molecule has 1 aliphatic carbocycles. The van der Waals surface area contributed by atoms with Gasteiger partial charge >= 0.3 is 0 Å². The standard InChI is InChI=1S/C25H29Cl3N2O3/c1-2-22(25(32)29-19-8-4-3-5-9-19)30(15-17-12-13-18(26)14-21(17)28)24(31)16-33-23-11-7-6-10-20(23)27/h6-7,10-14,19,22H,2-5,8-9,15-16H2,1H3,(H,29,32)/t22-/m1/s1. The highest BCUT2D eigenvalue weighted by Gasteiger charge is 2.31. The molecule has 178 valence electrons. The van der Waals surface area contributed by atoms with Crippen LogP contribution in [0, 0.1) is 0 Å². The molecule has 2 amide bonds. The Bertz CT molecular complexity index is 964. The molecule has 1 atom stereocenters. The van der Waals surface area contributed by atoms with Crippen LogP contribution in [0.1, 0.15) is 51.0 Å². The fourth-order valence-electron chi connectivity index (χ4n) is 4.08. The molecule has 1 N–H and O–H groups in total. The second kappa shape index (κ2) is 12.5. The van der Waals surface area contributed by atoms with E-state index in [4.69, 9.17) is 39.5 Å². The van der Waals surface area contributed by atoms with Crippen molar-refractivity contribution in [3.05, 3.63) is 63.1 Å². The zero-order valence-corrected chi connectivity index (χ0v) is 20.9. The van der Waals surface area contributed by atoms with Crippen molar-refractivity contribution in [1.82, 2.24) is 10.2 Å². The smallest absolute Gasteiger partial charge is 0.261 e. The molecule has 0 radical (unpaired) electrons. The quantitative estimate of drug-likeness (QED) is 0.431. The van der Waals surface area contributed by atoms with E-state index in [9.17, 15) is 9.59 Å². The Balaban J connectivity index is 1.79. The maximum absolute atomic E-state index is 13.3. The van der Waals surface area contributed by atoms with Gasteiger partial charge in [-0.2, -0.15) is 0 Å². The molecule has 1 fully saturated rings. The van der Waals surface area contributed by atoms with E-state index in [-0.39, 0.29) is 31.0 Å². The van der Waals surface area contributed by atoms with Gasteiger partial charge in [0.1, 0.15) is 11.8 Å². The average molecular weight is 512 g/mol. The molecule has 2 aromatic carbocycles. The summed E-state index contributed by atoms with van der Waals surface area (Å²) < 4.78 is 5.68. The number of nitrogens with zero attached hydrogens (tertiary/aromatic N) is 1. The maximum Gasteiger partial charge on any atom is 0.261 e. The van der Waals surface area contributed by atoms with Crippen LogP contribution < -0.4 is 10.1 Å². The van der Waals surface area contributed by atoms with Crippen LogP contribution in [0.5, 0.6) is 5.75 Å². The predicted molar refractivity (Wildman–Crippen MR) is 133 cm³/mol. The van der Waals surface area contributed by atoms with Gasteiger partial charge in [0.25, 0.3) is 5.91 Å². The summed E-state index contributed by atoms with van der Waals surface area (Å²) in [7, 11) is 0. The number of hydrogen-bond donors (Lipinski definition) is 1. The Labute approximate surface area is 210 Å². The third-order valence-corrected chi connectivity index (χ3v) is 6.78. The van der Waals surface area contributed by atoms with Crippen molar-refractivity contribution in [2.75, 3.05) is 6.61 Å². The van der Waals surface area contributed by atoms with Crippen molar-refractivity contribution in [1.29, 1.82) is 0 Å². The molecule has 0 spiro atoms. The molecule has 0 bridgehead atoms. The van der Waals surface area contributed by atoms with Gasteiger partial charge in [-0.15, -0.1) is 0 Å². The highest BCUT2D eigenvalue weighted by atomic mass is 35.5. The van der Waals surface area contributed by atoms with E-state index in [2.05, 4.69) is 5.32 Å². The monoisotopic (exact) mass is 510 g/mol. The summed E-state index contributed by atoms with van der Waals surface area (Å²) in [5.74, 6) is -0.0659. The molecule has 0 aromatic heterocycles. The molecule has 8 heteroatoms. The SMILES string of the molecule is CC[C@H](C(=O)NC1CCCCC1)N(Cc1ccc(Cl)cc1Cl)C(=O)COc1ccccc1Cl. The van der Waals surface area contributed by atoms with Crippen molar-refractivity contribution in [2.24, 2.45) is 0 Å². The number of amides is 2. The average Bonchev–Trinajstić information content (AvgIpc) is 2.80. The molecule has 0 unspecified atom stereocenters. The molecule has 33 heavy (non-hydrogen) atoms. The summed E-state index contributed by atoms with van der Waals surface area (Å²) >= 11 is 18.6. The minimum Gasteiger partial charge on any atom is -0.482 e. The lowest BCUT2D eigenvalue weighted by Gasteiger charge is -2.33. The van der Waals surface area contributed by atoms with Crippen molar-refractivity contribution in [3.8, 4) is 5.75 Å². The second-order valence-corrected chi connectivity index (χ2v) is 9.49. The zero-order chi connectivity index (χ0) is 23.8. The molecule has 0 aliphatic heterocycles. The van der Waals surface area contributed by atoms with Gasteiger partial charge in [0.2, 0.25) is 5.91 Å². The number of nitrogens with one attached hydrogen (secondary N) is 1. The fraction of sp³-hybridized carbons (Fsp3) is 0.440. The van der Waals surface area contributed by atoms with Gasteiger partial charge in [0, 0.05) is 22.6 Å². The summed E-state index contributed by atoms with van der Waals surface area (Å²) in [6.45, 7) is 1.81. The van der Waals surface area contributed by atoms with E-state index in [1.165, 1.54) is 11.3 Å². The lowest BCUT2D eigenvalue weighted by molar-refractivity contribution is -0.143. The van der Waals surface area contributed by atoms with Crippen LogP contribution in [-0.4, -0.2) is 35.4 Å². The van der Waals surface area contributed by atoms with Crippen LogP contribution in [-0.2, 0) is 16.1 Å². The first kappa shape index (κ1) is 25.7. The van der Waals surface area contributed by atoms with Gasteiger partial charge in [-0.05, 0) is 49.1 Å². The van der Waals surface area contributed by atoms with Crippen molar-refractivity contribution in [3.63, 3.8) is 0 Å². The van der Waals surface area contributed by atoms with E-state index >= 15 is 0 Å². The van der Waals surface area contributed by atoms with E-state index in [0.29, 0.717) is 32.8 Å². The number of benzene rings is 2. The third-order valence-electron chi connectivity index (χ3n) is 5.88. The molecule has 2 aromatic rings. The van der Waals surface area contributed by atoms with Crippen LogP contribution in [0.2, 0.25) is 15.1 Å². The molecule has 0 heterocycles. The van der Waals surface area contributed by atoms with Crippen molar-refractivity contribution < 1.29 is 14.3 Å². The summed E-state index contributed by atoms with van der Waals surface area (Å²) in [5, 5.41) is 4.51. The Morgan fingerprint density at radius 1 is 1.06 bits per heavy atom. The largest absolute Gasteiger partial charge is 0.482 e. The summed E-state index contributed by atoms with van der Waals surface area (Å²) in [6, 6.07) is 11.6. The minimum atomic E-state index is -0.652. The van der Waals surface area contributed by atoms with Crippen molar-refractivity contribution in [2.45, 2.75) is 64.1 Å². The number of para-hydroxylation sites is 1. The Morgan fingerprint density at radius 2 is 1.79 bits per heavy atom. The fourth-order valence-corrected chi connectivity index (χ4v) is 4.74. The first-order valence-electron chi connectivity index (χ1n) is 11.3. The summed E-state index contributed by atoms with van der Waals surface area (Å²) in [4.78, 5) is 28.1.